The Hall–Kier alpha value is 0.110. The zero-order chi connectivity index (χ0) is 13.1. The van der Waals surface area contributed by atoms with E-state index in [0.717, 1.165) is 6.42 Å². The number of hydrogen-bond donors (Lipinski definition) is 0. The third-order valence-corrected chi connectivity index (χ3v) is 7.44. The van der Waals surface area contributed by atoms with Crippen LogP contribution in [0, 0.1) is 11.8 Å². The summed E-state index contributed by atoms with van der Waals surface area (Å²) in [4.78, 5) is 11.8. The Morgan fingerprint density at radius 2 is 2.22 bits per heavy atom. The Balaban J connectivity index is 1.76. The predicted molar refractivity (Wildman–Crippen MR) is 71.8 cm³/mol. The molecule has 3 aliphatic rings. The van der Waals surface area contributed by atoms with Crippen molar-refractivity contribution in [3.05, 3.63) is 0 Å². The number of halogens is 1. The number of esters is 1. The van der Waals surface area contributed by atoms with Crippen molar-refractivity contribution in [3.63, 3.8) is 0 Å². The van der Waals surface area contributed by atoms with Crippen molar-refractivity contribution in [2.75, 3.05) is 0 Å². The molecule has 1 aliphatic heterocycles. The van der Waals surface area contributed by atoms with Crippen LogP contribution in [0.15, 0.2) is 0 Å². The van der Waals surface area contributed by atoms with Crippen molar-refractivity contribution < 1.29 is 22.1 Å². The van der Waals surface area contributed by atoms with Crippen LogP contribution in [0.25, 0.3) is 0 Å². The van der Waals surface area contributed by atoms with Gasteiger partial charge in [0.2, 0.25) is 0 Å². The predicted octanol–water partition coefficient (Wildman–Crippen LogP) is 1.25. The third kappa shape index (κ3) is 1.81. The molecule has 0 aromatic carbocycles. The fraction of sp³-hybridized carbons (Fsp3) is 0.909. The van der Waals surface area contributed by atoms with E-state index < -0.39 is 16.2 Å². The molecule has 5 nitrogen and oxygen atoms in total. The molecule has 102 valence electrons. The molecular formula is C11H15IO5S. The third-order valence-electron chi connectivity index (χ3n) is 4.28. The van der Waals surface area contributed by atoms with Crippen molar-refractivity contribution in [3.8, 4) is 0 Å². The lowest BCUT2D eigenvalue weighted by Gasteiger charge is -2.25. The normalized spacial score (nSPS) is 45.1. The van der Waals surface area contributed by atoms with Crippen molar-refractivity contribution >= 4 is 38.7 Å². The Bertz CT molecular complexity index is 476. The summed E-state index contributed by atoms with van der Waals surface area (Å²) in [6.45, 7) is 1.92. The van der Waals surface area contributed by atoms with Crippen molar-refractivity contribution in [2.45, 2.75) is 47.6 Å². The van der Waals surface area contributed by atoms with Crippen LogP contribution in [-0.4, -0.2) is 35.8 Å². The van der Waals surface area contributed by atoms with E-state index in [2.05, 4.69) is 22.6 Å². The Morgan fingerprint density at radius 3 is 2.89 bits per heavy atom. The van der Waals surface area contributed by atoms with Crippen LogP contribution in [0.5, 0.6) is 0 Å². The number of fused-ring (bicyclic) bond motifs is 1. The van der Waals surface area contributed by atoms with Crippen LogP contribution in [-0.2, 0) is 23.8 Å². The average molecular weight is 386 g/mol. The lowest BCUT2D eigenvalue weighted by Crippen LogP contribution is -2.38. The van der Waals surface area contributed by atoms with E-state index >= 15 is 0 Å². The van der Waals surface area contributed by atoms with E-state index in [0.29, 0.717) is 12.8 Å². The van der Waals surface area contributed by atoms with Gasteiger partial charge >= 0.3 is 5.97 Å². The molecule has 0 spiro atoms. The Morgan fingerprint density at radius 1 is 1.50 bits per heavy atom. The summed E-state index contributed by atoms with van der Waals surface area (Å²) >= 11 is 2.05. The van der Waals surface area contributed by atoms with Gasteiger partial charge in [0.1, 0.15) is 16.1 Å². The monoisotopic (exact) mass is 386 g/mol. The first-order valence-electron chi connectivity index (χ1n) is 6.20. The summed E-state index contributed by atoms with van der Waals surface area (Å²) in [7, 11) is -3.42. The van der Waals surface area contributed by atoms with Crippen molar-refractivity contribution in [1.29, 1.82) is 0 Å². The number of carbonyl (C=O) groups excluding carboxylic acids is 1. The highest BCUT2D eigenvalue weighted by atomic mass is 127. The van der Waals surface area contributed by atoms with Crippen LogP contribution >= 0.6 is 22.6 Å². The minimum atomic E-state index is -3.42. The molecular weight excluding hydrogens is 371 g/mol. The molecule has 18 heavy (non-hydrogen) atoms. The second-order valence-electron chi connectivity index (χ2n) is 5.26. The lowest BCUT2D eigenvalue weighted by molar-refractivity contribution is -0.154. The maximum Gasteiger partial charge on any atom is 0.319 e. The molecule has 3 rings (SSSR count). The Labute approximate surface area is 120 Å². The van der Waals surface area contributed by atoms with E-state index in [4.69, 9.17) is 8.92 Å². The van der Waals surface area contributed by atoms with Gasteiger partial charge in [0.25, 0.3) is 10.1 Å². The van der Waals surface area contributed by atoms with Crippen LogP contribution in [0.3, 0.4) is 0 Å². The molecule has 0 aromatic heterocycles. The zero-order valence-electron chi connectivity index (χ0n) is 9.91. The molecule has 3 fully saturated rings. The molecule has 1 heterocycles. The summed E-state index contributed by atoms with van der Waals surface area (Å²) in [6, 6.07) is 0. The van der Waals surface area contributed by atoms with Gasteiger partial charge in [-0.2, -0.15) is 8.42 Å². The highest BCUT2D eigenvalue weighted by Crippen LogP contribution is 2.55. The van der Waals surface area contributed by atoms with E-state index in [-0.39, 0.29) is 33.1 Å². The van der Waals surface area contributed by atoms with Crippen LogP contribution in [0.1, 0.15) is 26.2 Å². The molecule has 0 aromatic rings. The summed E-state index contributed by atoms with van der Waals surface area (Å²) in [5.74, 6) is -0.0566. The first-order chi connectivity index (χ1) is 8.44. The lowest BCUT2D eigenvalue weighted by atomic mass is 9.94. The fourth-order valence-electron chi connectivity index (χ4n) is 3.42. The SMILES string of the molecule is CCC(I)C(=O)OC1C2CC3C1OS(=O)(=O)C3C2. The minimum Gasteiger partial charge on any atom is -0.458 e. The maximum atomic E-state index is 11.8. The van der Waals surface area contributed by atoms with Crippen LogP contribution in [0.4, 0.5) is 0 Å². The van der Waals surface area contributed by atoms with Crippen LogP contribution < -0.4 is 0 Å². The topological polar surface area (TPSA) is 69.7 Å². The molecule has 2 bridgehead atoms. The molecule has 0 N–H and O–H groups in total. The highest BCUT2D eigenvalue weighted by molar-refractivity contribution is 14.1. The smallest absolute Gasteiger partial charge is 0.319 e. The van der Waals surface area contributed by atoms with Gasteiger partial charge in [0, 0.05) is 11.8 Å². The van der Waals surface area contributed by atoms with Crippen molar-refractivity contribution in [2.24, 2.45) is 11.8 Å². The molecule has 0 amide bonds. The number of rotatable bonds is 3. The van der Waals surface area contributed by atoms with Gasteiger partial charge in [0.05, 0.1) is 5.25 Å². The number of hydrogen-bond acceptors (Lipinski definition) is 5. The van der Waals surface area contributed by atoms with E-state index in [1.165, 1.54) is 0 Å². The van der Waals surface area contributed by atoms with Gasteiger partial charge in [-0.25, -0.2) is 0 Å². The van der Waals surface area contributed by atoms with Gasteiger partial charge in [-0.1, -0.05) is 29.5 Å². The standard InChI is InChI=1S/C11H15IO5S/c1-2-7(12)11(13)16-9-5-3-6-8(4-5)18(14,15)17-10(6)9/h5-10H,2-4H2,1H3. The second-order valence-corrected chi connectivity index (χ2v) is 8.55. The van der Waals surface area contributed by atoms with Gasteiger partial charge in [-0.05, 0) is 19.3 Å². The van der Waals surface area contributed by atoms with E-state index in [1.807, 2.05) is 6.92 Å². The van der Waals surface area contributed by atoms with E-state index in [1.54, 1.807) is 0 Å². The quantitative estimate of drug-likeness (QED) is 0.316. The number of ether oxygens (including phenoxy) is 1. The largest absolute Gasteiger partial charge is 0.458 e. The maximum absolute atomic E-state index is 11.8. The van der Waals surface area contributed by atoms with Gasteiger partial charge in [0.15, 0.2) is 0 Å². The van der Waals surface area contributed by atoms with Gasteiger partial charge < -0.3 is 4.74 Å². The van der Waals surface area contributed by atoms with Crippen molar-refractivity contribution in [1.82, 2.24) is 0 Å². The molecule has 2 aliphatic carbocycles. The molecule has 0 radical (unpaired) electrons. The summed E-state index contributed by atoms with van der Waals surface area (Å²) < 4.78 is 33.9. The molecule has 2 saturated carbocycles. The summed E-state index contributed by atoms with van der Waals surface area (Å²) in [5, 5.41) is -0.357. The average Bonchev–Trinajstić information content (AvgIpc) is 2.91. The fourth-order valence-corrected chi connectivity index (χ4v) is 5.45. The zero-order valence-corrected chi connectivity index (χ0v) is 12.9. The highest BCUT2D eigenvalue weighted by Gasteiger charge is 2.65. The summed E-state index contributed by atoms with van der Waals surface area (Å²) in [6.07, 6.45) is 1.32. The minimum absolute atomic E-state index is 0.0343. The number of alkyl halides is 1. The van der Waals surface area contributed by atoms with Gasteiger partial charge in [-0.15, -0.1) is 0 Å². The van der Waals surface area contributed by atoms with E-state index in [9.17, 15) is 13.2 Å². The van der Waals surface area contributed by atoms with Gasteiger partial charge in [-0.3, -0.25) is 8.98 Å². The molecule has 6 unspecified atom stereocenters. The molecule has 1 saturated heterocycles. The second kappa shape index (κ2) is 4.31. The Kier molecular flexibility index (Phi) is 3.14. The molecule has 7 heteroatoms. The number of carbonyl (C=O) groups is 1. The van der Waals surface area contributed by atoms with Crippen LogP contribution in [0.2, 0.25) is 0 Å². The molecule has 6 atom stereocenters. The summed E-state index contributed by atoms with van der Waals surface area (Å²) in [5.41, 5.74) is 0. The first kappa shape index (κ1) is 13.1. The first-order valence-corrected chi connectivity index (χ1v) is 8.92.